The zero-order chi connectivity index (χ0) is 15.6. The van der Waals surface area contributed by atoms with Crippen LogP contribution in [0.3, 0.4) is 0 Å². The van der Waals surface area contributed by atoms with Crippen LogP contribution in [-0.4, -0.2) is 49.1 Å². The summed E-state index contributed by atoms with van der Waals surface area (Å²) in [5.74, 6) is -0.861. The van der Waals surface area contributed by atoms with Gasteiger partial charge < -0.3 is 15.1 Å². The second-order valence-corrected chi connectivity index (χ2v) is 5.66. The van der Waals surface area contributed by atoms with E-state index in [1.54, 1.807) is 23.9 Å². The Morgan fingerprint density at radius 2 is 1.86 bits per heavy atom. The lowest BCUT2D eigenvalue weighted by molar-refractivity contribution is 0.158. The first-order valence-electron chi connectivity index (χ1n) is 7.07. The van der Waals surface area contributed by atoms with Gasteiger partial charge in [0.2, 0.25) is 0 Å². The van der Waals surface area contributed by atoms with E-state index in [0.29, 0.717) is 31.5 Å². The van der Waals surface area contributed by atoms with Crippen LogP contribution in [0.1, 0.15) is 18.4 Å². The summed E-state index contributed by atoms with van der Waals surface area (Å²) < 4.78 is 27.3. The molecule has 1 fully saturated rings. The number of nitrogens with one attached hydrogen (secondary N) is 1. The molecule has 0 bridgehead atoms. The normalized spacial score (nSPS) is 16.0. The Hall–Kier alpha value is -1.85. The van der Waals surface area contributed by atoms with Crippen molar-refractivity contribution >= 4 is 11.7 Å². The third-order valence-corrected chi connectivity index (χ3v) is 3.76. The quantitative estimate of drug-likeness (QED) is 0.911. The number of halogens is 2. The minimum absolute atomic E-state index is 0.0130. The molecule has 116 valence electrons. The number of aryl methyl sites for hydroxylation is 1. The number of rotatable bonds is 2. The van der Waals surface area contributed by atoms with Gasteiger partial charge in [-0.2, -0.15) is 0 Å². The molecule has 0 spiro atoms. The third kappa shape index (κ3) is 3.62. The molecule has 1 aliphatic rings. The van der Waals surface area contributed by atoms with Crippen molar-refractivity contribution in [3.05, 3.63) is 29.3 Å². The van der Waals surface area contributed by atoms with E-state index in [1.807, 2.05) is 0 Å². The second kappa shape index (κ2) is 6.28. The molecule has 0 aromatic heterocycles. The highest BCUT2D eigenvalue weighted by Crippen LogP contribution is 2.22. The minimum atomic E-state index is -0.444. The van der Waals surface area contributed by atoms with Gasteiger partial charge in [-0.25, -0.2) is 13.6 Å². The molecule has 1 saturated heterocycles. The Morgan fingerprint density at radius 1 is 1.24 bits per heavy atom. The molecule has 1 aromatic carbocycles. The lowest BCUT2D eigenvalue weighted by Crippen LogP contribution is -2.46. The molecule has 1 aromatic rings. The van der Waals surface area contributed by atoms with E-state index >= 15 is 0 Å². The van der Waals surface area contributed by atoms with Crippen molar-refractivity contribution in [2.45, 2.75) is 25.8 Å². The zero-order valence-corrected chi connectivity index (χ0v) is 12.6. The summed E-state index contributed by atoms with van der Waals surface area (Å²) in [5.41, 5.74) is 0.486. The molecular weight excluding hydrogens is 276 g/mol. The van der Waals surface area contributed by atoms with E-state index < -0.39 is 11.6 Å². The van der Waals surface area contributed by atoms with Gasteiger partial charge in [0, 0.05) is 39.3 Å². The van der Waals surface area contributed by atoms with Crippen LogP contribution in [-0.2, 0) is 0 Å². The van der Waals surface area contributed by atoms with Crippen molar-refractivity contribution in [3.63, 3.8) is 0 Å². The topological polar surface area (TPSA) is 35.6 Å². The fourth-order valence-electron chi connectivity index (χ4n) is 2.47. The number of anilines is 1. The van der Waals surface area contributed by atoms with Crippen molar-refractivity contribution in [1.29, 1.82) is 0 Å². The van der Waals surface area contributed by atoms with E-state index in [0.717, 1.165) is 0 Å². The maximum absolute atomic E-state index is 13.8. The fraction of sp³-hybridized carbons (Fsp3) is 0.533. The predicted octanol–water partition coefficient (Wildman–Crippen LogP) is 2.83. The molecule has 1 N–H and O–H groups in total. The van der Waals surface area contributed by atoms with E-state index in [9.17, 15) is 13.6 Å². The lowest BCUT2D eigenvalue weighted by Gasteiger charge is -2.34. The summed E-state index contributed by atoms with van der Waals surface area (Å²) in [6.45, 7) is 2.77. The number of carbonyl (C=O) groups excluding carboxylic acids is 1. The maximum Gasteiger partial charge on any atom is 0.319 e. The summed E-state index contributed by atoms with van der Waals surface area (Å²) in [5, 5.41) is 3.04. The van der Waals surface area contributed by atoms with Crippen LogP contribution >= 0.6 is 0 Å². The smallest absolute Gasteiger partial charge is 0.319 e. The molecule has 1 aliphatic heterocycles. The number of benzene rings is 1. The highest BCUT2D eigenvalue weighted by molar-refractivity contribution is 5.73. The van der Waals surface area contributed by atoms with Crippen LogP contribution in [0.25, 0.3) is 0 Å². The van der Waals surface area contributed by atoms with Gasteiger partial charge in [-0.05, 0) is 31.4 Å². The molecule has 2 amide bonds. The van der Waals surface area contributed by atoms with E-state index in [2.05, 4.69) is 5.32 Å². The van der Waals surface area contributed by atoms with Gasteiger partial charge in [-0.3, -0.25) is 0 Å². The summed E-state index contributed by atoms with van der Waals surface area (Å²) >= 11 is 0. The Morgan fingerprint density at radius 3 is 2.43 bits per heavy atom. The summed E-state index contributed by atoms with van der Waals surface area (Å²) in [6, 6.07) is 2.43. The van der Waals surface area contributed by atoms with Crippen LogP contribution in [0, 0.1) is 18.6 Å². The molecule has 0 aliphatic carbocycles. The number of amides is 2. The number of hydrogen-bond acceptors (Lipinski definition) is 2. The molecule has 0 radical (unpaired) electrons. The summed E-state index contributed by atoms with van der Waals surface area (Å²) in [6.07, 6.45) is 1.43. The molecule has 4 nitrogen and oxygen atoms in total. The Bertz CT molecular complexity index is 526. The van der Waals surface area contributed by atoms with Crippen LogP contribution in [0.15, 0.2) is 12.1 Å². The van der Waals surface area contributed by atoms with Crippen LogP contribution in [0.4, 0.5) is 19.3 Å². The molecule has 2 rings (SSSR count). The fourth-order valence-corrected chi connectivity index (χ4v) is 2.47. The first kappa shape index (κ1) is 15.5. The van der Waals surface area contributed by atoms with Gasteiger partial charge in [0.1, 0.15) is 11.6 Å². The zero-order valence-electron chi connectivity index (χ0n) is 12.6. The summed E-state index contributed by atoms with van der Waals surface area (Å²) in [4.78, 5) is 15.1. The van der Waals surface area contributed by atoms with Gasteiger partial charge in [-0.15, -0.1) is 0 Å². The van der Waals surface area contributed by atoms with E-state index in [4.69, 9.17) is 0 Å². The SMILES string of the molecule is Cc1cc(F)c(NC2CCN(C(=O)N(C)C)CC2)cc1F. The van der Waals surface area contributed by atoms with Crippen LogP contribution < -0.4 is 5.32 Å². The number of piperidine rings is 1. The summed E-state index contributed by atoms with van der Waals surface area (Å²) in [7, 11) is 3.44. The van der Waals surface area contributed by atoms with E-state index in [1.165, 1.54) is 19.1 Å². The number of urea groups is 1. The Labute approximate surface area is 123 Å². The van der Waals surface area contributed by atoms with Crippen molar-refractivity contribution in [1.82, 2.24) is 9.80 Å². The predicted molar refractivity (Wildman–Crippen MR) is 78.4 cm³/mol. The van der Waals surface area contributed by atoms with Gasteiger partial charge >= 0.3 is 6.03 Å². The van der Waals surface area contributed by atoms with Crippen molar-refractivity contribution < 1.29 is 13.6 Å². The van der Waals surface area contributed by atoms with Crippen molar-refractivity contribution in [3.8, 4) is 0 Å². The van der Waals surface area contributed by atoms with Crippen LogP contribution in [0.2, 0.25) is 0 Å². The average Bonchev–Trinajstić information content (AvgIpc) is 2.44. The molecule has 0 saturated carbocycles. The van der Waals surface area contributed by atoms with Gasteiger partial charge in [0.05, 0.1) is 5.69 Å². The average molecular weight is 297 g/mol. The Balaban J connectivity index is 1.95. The highest BCUT2D eigenvalue weighted by Gasteiger charge is 2.24. The highest BCUT2D eigenvalue weighted by atomic mass is 19.1. The number of hydrogen-bond donors (Lipinski definition) is 1. The number of carbonyl (C=O) groups is 1. The molecule has 6 heteroatoms. The second-order valence-electron chi connectivity index (χ2n) is 5.66. The molecular formula is C15H21F2N3O. The minimum Gasteiger partial charge on any atom is -0.380 e. The first-order valence-corrected chi connectivity index (χ1v) is 7.07. The van der Waals surface area contributed by atoms with Crippen molar-refractivity contribution in [2.75, 3.05) is 32.5 Å². The number of nitrogens with zero attached hydrogens (tertiary/aromatic N) is 2. The molecule has 21 heavy (non-hydrogen) atoms. The van der Waals surface area contributed by atoms with Crippen LogP contribution in [0.5, 0.6) is 0 Å². The Kier molecular flexibility index (Phi) is 4.65. The van der Waals surface area contributed by atoms with Gasteiger partial charge in [0.25, 0.3) is 0 Å². The largest absolute Gasteiger partial charge is 0.380 e. The van der Waals surface area contributed by atoms with Gasteiger partial charge in [0.15, 0.2) is 0 Å². The van der Waals surface area contributed by atoms with Gasteiger partial charge in [-0.1, -0.05) is 0 Å². The third-order valence-electron chi connectivity index (χ3n) is 3.76. The standard InChI is InChI=1S/C15H21F2N3O/c1-10-8-13(17)14(9-12(10)16)18-11-4-6-20(7-5-11)15(21)19(2)3/h8-9,11,18H,4-7H2,1-3H3. The number of likely N-dealkylation sites (tertiary alicyclic amines) is 1. The molecule has 0 atom stereocenters. The monoisotopic (exact) mass is 297 g/mol. The maximum atomic E-state index is 13.8. The van der Waals surface area contributed by atoms with E-state index in [-0.39, 0.29) is 17.8 Å². The first-order chi connectivity index (χ1) is 9.88. The lowest BCUT2D eigenvalue weighted by atomic mass is 10.0. The van der Waals surface area contributed by atoms with Crippen molar-refractivity contribution in [2.24, 2.45) is 0 Å². The molecule has 0 unspecified atom stereocenters. The molecule has 1 heterocycles.